The van der Waals surface area contributed by atoms with Crippen LogP contribution in [0.3, 0.4) is 0 Å². The molecule has 2 amide bonds. The van der Waals surface area contributed by atoms with Gasteiger partial charge in [-0.2, -0.15) is 0 Å². The van der Waals surface area contributed by atoms with E-state index in [4.69, 9.17) is 5.11 Å². The Morgan fingerprint density at radius 1 is 1.47 bits per heavy atom. The molecule has 1 atom stereocenters. The van der Waals surface area contributed by atoms with Crippen LogP contribution in [0.1, 0.15) is 23.6 Å². The summed E-state index contributed by atoms with van der Waals surface area (Å²) >= 11 is 1.64. The second kappa shape index (κ2) is 7.13. The van der Waals surface area contributed by atoms with Gasteiger partial charge in [-0.25, -0.2) is 4.79 Å². The Balaban J connectivity index is 2.47. The van der Waals surface area contributed by atoms with E-state index in [0.717, 1.165) is 4.88 Å². The number of rotatable bonds is 6. The van der Waals surface area contributed by atoms with Crippen molar-refractivity contribution in [2.45, 2.75) is 27.3 Å². The lowest BCUT2D eigenvalue weighted by Crippen LogP contribution is -2.42. The van der Waals surface area contributed by atoms with Gasteiger partial charge in [0.1, 0.15) is 0 Å². The third kappa shape index (κ3) is 4.90. The minimum Gasteiger partial charge on any atom is -0.481 e. The lowest BCUT2D eigenvalue weighted by molar-refractivity contribution is -0.141. The Morgan fingerprint density at radius 3 is 2.63 bits per heavy atom. The third-order valence-electron chi connectivity index (χ3n) is 2.79. The maximum absolute atomic E-state index is 11.9. The van der Waals surface area contributed by atoms with Gasteiger partial charge in [-0.05, 0) is 26.0 Å². The maximum Gasteiger partial charge on any atom is 0.317 e. The molecule has 0 bridgehead atoms. The third-order valence-corrected chi connectivity index (χ3v) is 3.80. The first-order valence-corrected chi connectivity index (χ1v) is 7.06. The zero-order chi connectivity index (χ0) is 14.4. The fourth-order valence-corrected chi connectivity index (χ4v) is 2.45. The second-order valence-electron chi connectivity index (χ2n) is 4.45. The minimum absolute atomic E-state index is 0.221. The molecule has 0 aliphatic heterocycles. The van der Waals surface area contributed by atoms with E-state index < -0.39 is 11.9 Å². The second-order valence-corrected chi connectivity index (χ2v) is 5.82. The van der Waals surface area contributed by atoms with Crippen molar-refractivity contribution in [1.82, 2.24) is 10.2 Å². The molecule has 1 heterocycles. The predicted molar refractivity (Wildman–Crippen MR) is 75.3 cm³/mol. The first-order valence-electron chi connectivity index (χ1n) is 6.25. The van der Waals surface area contributed by atoms with E-state index in [-0.39, 0.29) is 12.6 Å². The van der Waals surface area contributed by atoms with E-state index in [2.05, 4.69) is 5.32 Å². The smallest absolute Gasteiger partial charge is 0.317 e. The fourth-order valence-electron chi connectivity index (χ4n) is 1.62. The molecule has 0 aromatic carbocycles. The molecule has 0 saturated carbocycles. The number of aliphatic carboxylic acids is 1. The van der Waals surface area contributed by atoms with Gasteiger partial charge in [0.15, 0.2) is 0 Å². The molecule has 1 rings (SSSR count). The Morgan fingerprint density at radius 2 is 2.16 bits per heavy atom. The van der Waals surface area contributed by atoms with Crippen LogP contribution in [-0.2, 0) is 11.3 Å². The average Bonchev–Trinajstić information content (AvgIpc) is 2.78. The average molecular weight is 284 g/mol. The number of carboxylic acid groups (broad SMARTS) is 1. The topological polar surface area (TPSA) is 69.6 Å². The summed E-state index contributed by atoms with van der Waals surface area (Å²) < 4.78 is 0. The number of hydrogen-bond donors (Lipinski definition) is 2. The molecule has 0 aliphatic carbocycles. The molecule has 0 aliphatic rings. The van der Waals surface area contributed by atoms with Gasteiger partial charge in [-0.15, -0.1) is 11.3 Å². The number of thiophene rings is 1. The number of hydrogen-bond acceptors (Lipinski definition) is 3. The number of carbonyl (C=O) groups excluding carboxylic acids is 1. The maximum atomic E-state index is 11.9. The van der Waals surface area contributed by atoms with Crippen LogP contribution in [0.2, 0.25) is 0 Å². The normalized spacial score (nSPS) is 11.9. The van der Waals surface area contributed by atoms with Gasteiger partial charge in [-0.1, -0.05) is 6.92 Å². The van der Waals surface area contributed by atoms with Crippen LogP contribution in [0, 0.1) is 12.8 Å². The Kier molecular flexibility index (Phi) is 5.82. The Hall–Kier alpha value is -1.56. The van der Waals surface area contributed by atoms with E-state index in [1.165, 1.54) is 9.78 Å². The summed E-state index contributed by atoms with van der Waals surface area (Å²) in [7, 11) is 0. The Bertz CT molecular complexity index is 445. The van der Waals surface area contributed by atoms with Crippen molar-refractivity contribution in [3.8, 4) is 0 Å². The summed E-state index contributed by atoms with van der Waals surface area (Å²) in [5, 5.41) is 11.7. The van der Waals surface area contributed by atoms with Crippen LogP contribution in [-0.4, -0.2) is 35.1 Å². The van der Waals surface area contributed by atoms with E-state index in [9.17, 15) is 9.59 Å². The van der Waals surface area contributed by atoms with Gasteiger partial charge in [0.2, 0.25) is 0 Å². The summed E-state index contributed by atoms with van der Waals surface area (Å²) in [4.78, 5) is 26.5. The van der Waals surface area contributed by atoms with Gasteiger partial charge in [-0.3, -0.25) is 4.79 Å². The lowest BCUT2D eigenvalue weighted by Gasteiger charge is -2.23. The number of amides is 2. The molecule has 0 fully saturated rings. The van der Waals surface area contributed by atoms with Gasteiger partial charge in [0, 0.05) is 22.8 Å². The van der Waals surface area contributed by atoms with Crippen molar-refractivity contribution in [2.24, 2.45) is 5.92 Å². The standard InChI is InChI=1S/C13H20N2O3S/c1-4-15(8-9(2)12(16)17)13(18)14-7-11-6-5-10(3)19-11/h5-6,9H,4,7-8H2,1-3H3,(H,14,18)(H,16,17). The fraction of sp³-hybridized carbons (Fsp3) is 0.538. The van der Waals surface area contributed by atoms with E-state index in [0.29, 0.717) is 13.1 Å². The molecule has 1 aromatic rings. The minimum atomic E-state index is -0.889. The SMILES string of the molecule is CCN(CC(C)C(=O)O)C(=O)NCc1ccc(C)s1. The summed E-state index contributed by atoms with van der Waals surface area (Å²) in [6.07, 6.45) is 0. The molecule has 19 heavy (non-hydrogen) atoms. The number of nitrogens with one attached hydrogen (secondary N) is 1. The quantitative estimate of drug-likeness (QED) is 0.842. The highest BCUT2D eigenvalue weighted by Crippen LogP contribution is 2.14. The summed E-state index contributed by atoms with van der Waals surface area (Å²) in [5.41, 5.74) is 0. The van der Waals surface area contributed by atoms with E-state index >= 15 is 0 Å². The first-order chi connectivity index (χ1) is 8.93. The van der Waals surface area contributed by atoms with Crippen LogP contribution in [0.25, 0.3) is 0 Å². The van der Waals surface area contributed by atoms with Crippen molar-refractivity contribution >= 4 is 23.3 Å². The highest BCUT2D eigenvalue weighted by atomic mass is 32.1. The molecule has 5 nitrogen and oxygen atoms in total. The Labute approximate surface area is 117 Å². The summed E-state index contributed by atoms with van der Waals surface area (Å²) in [6, 6.07) is 3.77. The molecular formula is C13H20N2O3S. The molecule has 1 unspecified atom stereocenters. The highest BCUT2D eigenvalue weighted by molar-refractivity contribution is 7.11. The monoisotopic (exact) mass is 284 g/mol. The number of urea groups is 1. The van der Waals surface area contributed by atoms with Gasteiger partial charge < -0.3 is 15.3 Å². The summed E-state index contributed by atoms with van der Waals surface area (Å²) in [6.45, 7) is 6.65. The van der Waals surface area contributed by atoms with Crippen LogP contribution < -0.4 is 5.32 Å². The zero-order valence-electron chi connectivity index (χ0n) is 11.5. The number of carbonyl (C=O) groups is 2. The van der Waals surface area contributed by atoms with Crippen LogP contribution >= 0.6 is 11.3 Å². The van der Waals surface area contributed by atoms with Crippen molar-refractivity contribution in [3.63, 3.8) is 0 Å². The van der Waals surface area contributed by atoms with Crippen LogP contribution in [0.4, 0.5) is 4.79 Å². The molecule has 106 valence electrons. The van der Waals surface area contributed by atoms with Crippen molar-refractivity contribution in [3.05, 3.63) is 21.9 Å². The molecule has 0 radical (unpaired) electrons. The molecule has 1 aromatic heterocycles. The lowest BCUT2D eigenvalue weighted by atomic mass is 10.2. The molecular weight excluding hydrogens is 264 g/mol. The van der Waals surface area contributed by atoms with Gasteiger partial charge in [0.25, 0.3) is 0 Å². The van der Waals surface area contributed by atoms with Crippen LogP contribution in [0.15, 0.2) is 12.1 Å². The molecule has 2 N–H and O–H groups in total. The van der Waals surface area contributed by atoms with E-state index in [1.807, 2.05) is 26.0 Å². The van der Waals surface area contributed by atoms with Crippen molar-refractivity contribution in [2.75, 3.05) is 13.1 Å². The number of carboxylic acids is 1. The zero-order valence-corrected chi connectivity index (χ0v) is 12.3. The number of nitrogens with zero attached hydrogens (tertiary/aromatic N) is 1. The molecule has 0 spiro atoms. The van der Waals surface area contributed by atoms with Crippen LogP contribution in [0.5, 0.6) is 0 Å². The predicted octanol–water partition coefficient (Wildman–Crippen LogP) is 2.31. The van der Waals surface area contributed by atoms with Gasteiger partial charge >= 0.3 is 12.0 Å². The van der Waals surface area contributed by atoms with Crippen molar-refractivity contribution in [1.29, 1.82) is 0 Å². The van der Waals surface area contributed by atoms with E-state index in [1.54, 1.807) is 18.3 Å². The summed E-state index contributed by atoms with van der Waals surface area (Å²) in [5.74, 6) is -1.45. The molecule has 6 heteroatoms. The van der Waals surface area contributed by atoms with Gasteiger partial charge in [0.05, 0.1) is 12.5 Å². The largest absolute Gasteiger partial charge is 0.481 e. The number of aryl methyl sites for hydroxylation is 1. The first kappa shape index (κ1) is 15.5. The van der Waals surface area contributed by atoms with Crippen molar-refractivity contribution < 1.29 is 14.7 Å². The highest BCUT2D eigenvalue weighted by Gasteiger charge is 2.18. The molecule has 0 saturated heterocycles.